The summed E-state index contributed by atoms with van der Waals surface area (Å²) in [6.45, 7) is 3.77. The maximum atomic E-state index is 14.6. The van der Waals surface area contributed by atoms with E-state index in [4.69, 9.17) is 0 Å². The van der Waals surface area contributed by atoms with Crippen molar-refractivity contribution in [1.29, 1.82) is 0 Å². The first-order chi connectivity index (χ1) is 15.0. The fraction of sp³-hybridized carbons (Fsp3) is 0.714. The SMILES string of the molecule is CCC1C=CC(C2CCC(C3CCC(c4ccc(C(C)O)c(F)c4F)CC3)CC2)CC1. The van der Waals surface area contributed by atoms with Gasteiger partial charge in [0.1, 0.15) is 0 Å². The van der Waals surface area contributed by atoms with Gasteiger partial charge in [-0.1, -0.05) is 31.2 Å². The van der Waals surface area contributed by atoms with Gasteiger partial charge in [0, 0.05) is 5.56 Å². The van der Waals surface area contributed by atoms with Gasteiger partial charge in [-0.25, -0.2) is 8.78 Å². The summed E-state index contributed by atoms with van der Waals surface area (Å²) in [7, 11) is 0. The van der Waals surface area contributed by atoms with Crippen LogP contribution in [0.2, 0.25) is 0 Å². The molecule has 3 aliphatic carbocycles. The Hall–Kier alpha value is -1.22. The third-order valence-electron chi connectivity index (χ3n) is 8.92. The molecule has 0 aromatic heterocycles. The second kappa shape index (κ2) is 10.1. The van der Waals surface area contributed by atoms with Gasteiger partial charge >= 0.3 is 0 Å². The van der Waals surface area contributed by atoms with Crippen molar-refractivity contribution in [2.75, 3.05) is 0 Å². The first kappa shape index (κ1) is 23.0. The number of hydrogen-bond acceptors (Lipinski definition) is 1. The average Bonchev–Trinajstić information content (AvgIpc) is 2.81. The summed E-state index contributed by atoms with van der Waals surface area (Å²) in [6, 6.07) is 3.27. The molecule has 3 heteroatoms. The zero-order valence-electron chi connectivity index (χ0n) is 19.3. The molecule has 3 aliphatic rings. The van der Waals surface area contributed by atoms with E-state index in [-0.39, 0.29) is 11.5 Å². The van der Waals surface area contributed by atoms with Crippen molar-refractivity contribution in [2.45, 2.75) is 96.5 Å². The highest BCUT2D eigenvalue weighted by Crippen LogP contribution is 2.46. The van der Waals surface area contributed by atoms with Crippen molar-refractivity contribution in [2.24, 2.45) is 29.6 Å². The van der Waals surface area contributed by atoms with Crippen LogP contribution < -0.4 is 0 Å². The quantitative estimate of drug-likeness (QED) is 0.468. The monoisotopic (exact) mass is 430 g/mol. The van der Waals surface area contributed by atoms with Gasteiger partial charge in [-0.05, 0) is 119 Å². The highest BCUT2D eigenvalue weighted by Gasteiger charge is 2.34. The van der Waals surface area contributed by atoms with Crippen molar-refractivity contribution >= 4 is 0 Å². The second-order valence-electron chi connectivity index (χ2n) is 10.6. The summed E-state index contributed by atoms with van der Waals surface area (Å²) >= 11 is 0. The molecule has 0 heterocycles. The molecule has 3 atom stereocenters. The van der Waals surface area contributed by atoms with Crippen LogP contribution in [0, 0.1) is 41.2 Å². The van der Waals surface area contributed by atoms with Gasteiger partial charge in [0.25, 0.3) is 0 Å². The summed E-state index contributed by atoms with van der Waals surface area (Å²) in [6.07, 6.45) is 17.7. The molecule has 2 saturated carbocycles. The molecule has 0 aliphatic heterocycles. The first-order valence-electron chi connectivity index (χ1n) is 12.8. The Kier molecular flexibility index (Phi) is 7.52. The Balaban J connectivity index is 1.28. The smallest absolute Gasteiger partial charge is 0.164 e. The highest BCUT2D eigenvalue weighted by atomic mass is 19.2. The maximum Gasteiger partial charge on any atom is 0.164 e. The van der Waals surface area contributed by atoms with Crippen molar-refractivity contribution < 1.29 is 13.9 Å². The third kappa shape index (κ3) is 5.07. The number of aliphatic hydroxyl groups excluding tert-OH is 1. The van der Waals surface area contributed by atoms with Gasteiger partial charge in [-0.15, -0.1) is 0 Å². The number of hydrogen-bond donors (Lipinski definition) is 1. The van der Waals surface area contributed by atoms with Crippen LogP contribution in [-0.2, 0) is 0 Å². The summed E-state index contributed by atoms with van der Waals surface area (Å²) in [5, 5.41) is 9.62. The van der Waals surface area contributed by atoms with Crippen molar-refractivity contribution in [3.8, 4) is 0 Å². The Morgan fingerprint density at radius 3 is 1.97 bits per heavy atom. The number of halogens is 2. The summed E-state index contributed by atoms with van der Waals surface area (Å²) in [5.41, 5.74) is 0.572. The first-order valence-corrected chi connectivity index (χ1v) is 12.8. The summed E-state index contributed by atoms with van der Waals surface area (Å²) in [4.78, 5) is 0. The van der Waals surface area contributed by atoms with E-state index in [1.165, 1.54) is 51.9 Å². The zero-order chi connectivity index (χ0) is 22.0. The molecular formula is C28H40F2O. The van der Waals surface area contributed by atoms with E-state index in [0.29, 0.717) is 5.56 Å². The largest absolute Gasteiger partial charge is 0.389 e. The minimum Gasteiger partial charge on any atom is -0.389 e. The summed E-state index contributed by atoms with van der Waals surface area (Å²) in [5.74, 6) is 2.59. The minimum atomic E-state index is -0.980. The maximum absolute atomic E-state index is 14.6. The number of benzene rings is 1. The van der Waals surface area contributed by atoms with Crippen molar-refractivity contribution in [1.82, 2.24) is 0 Å². The highest BCUT2D eigenvalue weighted by molar-refractivity contribution is 5.30. The molecule has 0 radical (unpaired) electrons. The van der Waals surface area contributed by atoms with E-state index in [0.717, 1.165) is 55.3 Å². The predicted molar refractivity (Wildman–Crippen MR) is 123 cm³/mol. The molecule has 0 bridgehead atoms. The zero-order valence-corrected chi connectivity index (χ0v) is 19.3. The molecule has 4 rings (SSSR count). The Labute approximate surface area is 187 Å². The van der Waals surface area contributed by atoms with Gasteiger partial charge in [-0.2, -0.15) is 0 Å². The third-order valence-corrected chi connectivity index (χ3v) is 8.92. The van der Waals surface area contributed by atoms with E-state index in [1.54, 1.807) is 12.1 Å². The van der Waals surface area contributed by atoms with E-state index in [9.17, 15) is 13.9 Å². The topological polar surface area (TPSA) is 20.2 Å². The number of allylic oxidation sites excluding steroid dienone is 2. The lowest BCUT2D eigenvalue weighted by Gasteiger charge is -2.40. The Morgan fingerprint density at radius 1 is 0.806 bits per heavy atom. The molecule has 1 aromatic rings. The van der Waals surface area contributed by atoms with Crippen LogP contribution in [0.3, 0.4) is 0 Å². The lowest BCUT2D eigenvalue weighted by atomic mass is 9.65. The van der Waals surface area contributed by atoms with E-state index in [1.807, 2.05) is 0 Å². The van der Waals surface area contributed by atoms with Gasteiger partial charge in [0.2, 0.25) is 0 Å². The molecule has 0 spiro atoms. The molecule has 1 N–H and O–H groups in total. The van der Waals surface area contributed by atoms with Crippen LogP contribution in [-0.4, -0.2) is 5.11 Å². The lowest BCUT2D eigenvalue weighted by Crippen LogP contribution is -2.28. The van der Waals surface area contributed by atoms with Crippen LogP contribution >= 0.6 is 0 Å². The second-order valence-corrected chi connectivity index (χ2v) is 10.6. The standard InChI is InChI=1S/C28H40F2O/c1-3-19-4-6-20(7-5-19)21-8-10-22(11-9-21)23-12-14-24(15-13-23)26-17-16-25(18(2)31)27(29)28(26)30/h4,6,16-24,31H,3,5,7-15H2,1-2H3. The lowest BCUT2D eigenvalue weighted by molar-refractivity contribution is 0.138. The van der Waals surface area contributed by atoms with Crippen LogP contribution in [0.25, 0.3) is 0 Å². The molecule has 172 valence electrons. The molecule has 0 saturated heterocycles. The van der Waals surface area contributed by atoms with E-state index in [2.05, 4.69) is 19.1 Å². The molecular weight excluding hydrogens is 390 g/mol. The fourth-order valence-corrected chi connectivity index (χ4v) is 6.80. The van der Waals surface area contributed by atoms with Crippen LogP contribution in [0.5, 0.6) is 0 Å². The van der Waals surface area contributed by atoms with E-state index < -0.39 is 17.7 Å². The van der Waals surface area contributed by atoms with Gasteiger partial charge < -0.3 is 5.11 Å². The Morgan fingerprint density at radius 2 is 1.42 bits per heavy atom. The normalized spacial score (nSPS) is 35.1. The van der Waals surface area contributed by atoms with Crippen LogP contribution in [0.4, 0.5) is 8.78 Å². The molecule has 1 aromatic carbocycles. The van der Waals surface area contributed by atoms with Crippen molar-refractivity contribution in [3.05, 3.63) is 47.0 Å². The summed E-state index contributed by atoms with van der Waals surface area (Å²) < 4.78 is 29.0. The predicted octanol–water partition coefficient (Wildman–Crippen LogP) is 8.09. The van der Waals surface area contributed by atoms with E-state index >= 15 is 0 Å². The van der Waals surface area contributed by atoms with Crippen LogP contribution in [0.15, 0.2) is 24.3 Å². The van der Waals surface area contributed by atoms with Gasteiger partial charge in [0.15, 0.2) is 11.6 Å². The minimum absolute atomic E-state index is 0.0599. The molecule has 0 amide bonds. The van der Waals surface area contributed by atoms with Crippen LogP contribution in [0.1, 0.15) is 108 Å². The average molecular weight is 431 g/mol. The van der Waals surface area contributed by atoms with Crippen molar-refractivity contribution in [3.63, 3.8) is 0 Å². The Bertz CT molecular complexity index is 755. The molecule has 2 fully saturated rings. The fourth-order valence-electron chi connectivity index (χ4n) is 6.80. The molecule has 3 unspecified atom stereocenters. The number of aliphatic hydroxyl groups is 1. The van der Waals surface area contributed by atoms with Gasteiger partial charge in [-0.3, -0.25) is 0 Å². The number of rotatable bonds is 5. The molecule has 31 heavy (non-hydrogen) atoms. The molecule has 1 nitrogen and oxygen atoms in total. The van der Waals surface area contributed by atoms with Gasteiger partial charge in [0.05, 0.1) is 6.10 Å².